The van der Waals surface area contributed by atoms with Crippen molar-refractivity contribution in [3.63, 3.8) is 0 Å². The molecule has 1 aromatic rings. The highest BCUT2D eigenvalue weighted by molar-refractivity contribution is 5.79. The molecule has 152 valence electrons. The van der Waals surface area contributed by atoms with E-state index in [1.165, 1.54) is 25.7 Å². The minimum Gasteiger partial charge on any atom is -0.493 e. The van der Waals surface area contributed by atoms with Crippen molar-refractivity contribution in [2.45, 2.75) is 45.1 Å². The third kappa shape index (κ3) is 6.61. The van der Waals surface area contributed by atoms with Crippen molar-refractivity contribution in [3.8, 4) is 11.5 Å². The Morgan fingerprint density at radius 3 is 2.48 bits per heavy atom. The summed E-state index contributed by atoms with van der Waals surface area (Å²) in [6.45, 7) is 4.43. The molecular weight excluding hydrogens is 342 g/mol. The van der Waals surface area contributed by atoms with Crippen molar-refractivity contribution in [1.82, 2.24) is 10.6 Å². The van der Waals surface area contributed by atoms with Gasteiger partial charge in [-0.2, -0.15) is 0 Å². The van der Waals surface area contributed by atoms with E-state index in [0.717, 1.165) is 37.0 Å². The van der Waals surface area contributed by atoms with Crippen LogP contribution in [0.3, 0.4) is 0 Å². The zero-order chi connectivity index (χ0) is 19.5. The second-order valence-electron chi connectivity index (χ2n) is 7.34. The molecule has 0 saturated heterocycles. The van der Waals surface area contributed by atoms with E-state index in [1.807, 2.05) is 31.2 Å². The number of aliphatic imine (C=N–C) groups is 1. The molecule has 0 spiro atoms. The Morgan fingerprint density at radius 1 is 1.15 bits per heavy atom. The smallest absolute Gasteiger partial charge is 0.191 e. The summed E-state index contributed by atoms with van der Waals surface area (Å²) < 4.78 is 16.7. The fraction of sp³-hybridized carbons (Fsp3) is 0.667. The van der Waals surface area contributed by atoms with Crippen LogP contribution < -0.4 is 20.1 Å². The van der Waals surface area contributed by atoms with Crippen LogP contribution >= 0.6 is 0 Å². The largest absolute Gasteiger partial charge is 0.493 e. The van der Waals surface area contributed by atoms with Gasteiger partial charge < -0.3 is 24.8 Å². The van der Waals surface area contributed by atoms with Gasteiger partial charge in [-0.3, -0.25) is 4.99 Å². The van der Waals surface area contributed by atoms with E-state index >= 15 is 0 Å². The maximum absolute atomic E-state index is 6.00. The van der Waals surface area contributed by atoms with Crippen LogP contribution in [0.5, 0.6) is 11.5 Å². The molecule has 6 heteroatoms. The number of guanidine groups is 1. The van der Waals surface area contributed by atoms with Gasteiger partial charge in [0.1, 0.15) is 6.10 Å². The summed E-state index contributed by atoms with van der Waals surface area (Å²) >= 11 is 0. The Labute approximate surface area is 163 Å². The van der Waals surface area contributed by atoms with Gasteiger partial charge in [-0.1, -0.05) is 25.0 Å². The molecule has 27 heavy (non-hydrogen) atoms. The Morgan fingerprint density at radius 2 is 1.85 bits per heavy atom. The van der Waals surface area contributed by atoms with Gasteiger partial charge in [0.05, 0.1) is 13.7 Å². The average molecular weight is 378 g/mol. The van der Waals surface area contributed by atoms with Gasteiger partial charge in [0.15, 0.2) is 17.5 Å². The molecule has 1 unspecified atom stereocenters. The highest BCUT2D eigenvalue weighted by Crippen LogP contribution is 2.40. The molecule has 1 fully saturated rings. The molecule has 0 heterocycles. The first-order valence-corrected chi connectivity index (χ1v) is 9.85. The van der Waals surface area contributed by atoms with E-state index < -0.39 is 0 Å². The summed E-state index contributed by atoms with van der Waals surface area (Å²) in [5.41, 5.74) is 0.327. The molecule has 0 radical (unpaired) electrons. The first kappa shape index (κ1) is 21.4. The first-order valence-electron chi connectivity index (χ1n) is 9.85. The van der Waals surface area contributed by atoms with Crippen LogP contribution in [0, 0.1) is 5.41 Å². The quantitative estimate of drug-likeness (QED) is 0.484. The number of para-hydroxylation sites is 2. The molecule has 0 aliphatic heterocycles. The van der Waals surface area contributed by atoms with E-state index in [0.29, 0.717) is 12.0 Å². The van der Waals surface area contributed by atoms with E-state index in [4.69, 9.17) is 14.2 Å². The number of hydrogen-bond donors (Lipinski definition) is 2. The summed E-state index contributed by atoms with van der Waals surface area (Å²) in [5.74, 6) is 2.31. The van der Waals surface area contributed by atoms with Gasteiger partial charge in [-0.15, -0.1) is 0 Å². The first-order chi connectivity index (χ1) is 13.1. The van der Waals surface area contributed by atoms with Crippen LogP contribution in [-0.2, 0) is 4.74 Å². The van der Waals surface area contributed by atoms with Crippen molar-refractivity contribution in [1.29, 1.82) is 0 Å². The van der Waals surface area contributed by atoms with Crippen molar-refractivity contribution in [3.05, 3.63) is 24.3 Å². The van der Waals surface area contributed by atoms with Crippen molar-refractivity contribution in [2.75, 3.05) is 41.0 Å². The predicted octanol–water partition coefficient (Wildman–Crippen LogP) is 3.22. The van der Waals surface area contributed by atoms with Gasteiger partial charge in [0.25, 0.3) is 0 Å². The molecular formula is C21H35N3O3. The maximum Gasteiger partial charge on any atom is 0.191 e. The summed E-state index contributed by atoms with van der Waals surface area (Å²) in [5, 5.41) is 6.87. The maximum atomic E-state index is 6.00. The van der Waals surface area contributed by atoms with Crippen LogP contribution in [0.15, 0.2) is 29.3 Å². The molecule has 1 saturated carbocycles. The predicted molar refractivity (Wildman–Crippen MR) is 110 cm³/mol. The normalized spacial score (nSPS) is 17.4. The van der Waals surface area contributed by atoms with E-state index in [2.05, 4.69) is 15.6 Å². The van der Waals surface area contributed by atoms with Crippen LogP contribution in [0.2, 0.25) is 0 Å². The van der Waals surface area contributed by atoms with E-state index in [1.54, 1.807) is 21.3 Å². The molecule has 2 rings (SSSR count). The molecule has 1 aromatic carbocycles. The highest BCUT2D eigenvalue weighted by atomic mass is 16.5. The second kappa shape index (κ2) is 11.0. The summed E-state index contributed by atoms with van der Waals surface area (Å²) in [4.78, 5) is 4.36. The molecule has 6 nitrogen and oxygen atoms in total. The number of hydrogen-bond acceptors (Lipinski definition) is 4. The molecule has 0 aromatic heterocycles. The van der Waals surface area contributed by atoms with Gasteiger partial charge in [0.2, 0.25) is 0 Å². The topological polar surface area (TPSA) is 64.1 Å². The van der Waals surface area contributed by atoms with Gasteiger partial charge in [-0.05, 0) is 43.7 Å². The molecule has 0 amide bonds. The zero-order valence-corrected chi connectivity index (χ0v) is 17.2. The fourth-order valence-corrected chi connectivity index (χ4v) is 3.67. The summed E-state index contributed by atoms with van der Waals surface area (Å²) in [7, 11) is 5.23. The third-order valence-corrected chi connectivity index (χ3v) is 5.31. The Bertz CT molecular complexity index is 586. The second-order valence-corrected chi connectivity index (χ2v) is 7.34. The highest BCUT2D eigenvalue weighted by Gasteiger charge is 2.33. The van der Waals surface area contributed by atoms with Crippen molar-refractivity contribution < 1.29 is 14.2 Å². The summed E-state index contributed by atoms with van der Waals surface area (Å²) in [6, 6.07) is 7.70. The number of nitrogens with one attached hydrogen (secondary N) is 2. The van der Waals surface area contributed by atoms with Crippen LogP contribution in [0.25, 0.3) is 0 Å². The SMILES string of the molecule is CN=C(NCC(C)Oc1ccccc1OC)NCC1(CCOC)CCCC1. The summed E-state index contributed by atoms with van der Waals surface area (Å²) in [6.07, 6.45) is 6.21. The third-order valence-electron chi connectivity index (χ3n) is 5.31. The zero-order valence-electron chi connectivity index (χ0n) is 17.2. The fourth-order valence-electron chi connectivity index (χ4n) is 3.67. The Balaban J connectivity index is 1.80. The Hall–Kier alpha value is -1.95. The van der Waals surface area contributed by atoms with Crippen molar-refractivity contribution >= 4 is 5.96 Å². The van der Waals surface area contributed by atoms with Crippen LogP contribution in [0.1, 0.15) is 39.0 Å². The van der Waals surface area contributed by atoms with Crippen LogP contribution in [-0.4, -0.2) is 53.0 Å². The molecule has 1 aliphatic carbocycles. The number of ether oxygens (including phenoxy) is 3. The molecule has 1 aliphatic rings. The lowest BCUT2D eigenvalue weighted by atomic mass is 9.83. The van der Waals surface area contributed by atoms with Gasteiger partial charge in [-0.25, -0.2) is 0 Å². The molecule has 0 bridgehead atoms. The molecule has 2 N–H and O–H groups in total. The van der Waals surface area contributed by atoms with Crippen molar-refractivity contribution in [2.24, 2.45) is 10.4 Å². The van der Waals surface area contributed by atoms with Gasteiger partial charge in [0, 0.05) is 27.3 Å². The average Bonchev–Trinajstić information content (AvgIpc) is 3.16. The Kier molecular flexibility index (Phi) is 8.72. The standard InChI is InChI=1S/C21H35N3O3/c1-17(27-19-10-6-5-9-18(19)26-4)15-23-20(22-2)24-16-21(13-14-25-3)11-7-8-12-21/h5-6,9-10,17H,7-8,11-16H2,1-4H3,(H2,22,23,24). The minimum absolute atomic E-state index is 0.0196. The number of nitrogens with zero attached hydrogens (tertiary/aromatic N) is 1. The monoisotopic (exact) mass is 377 g/mol. The lowest BCUT2D eigenvalue weighted by Gasteiger charge is -2.30. The van der Waals surface area contributed by atoms with E-state index in [-0.39, 0.29) is 6.10 Å². The number of rotatable bonds is 10. The van der Waals surface area contributed by atoms with E-state index in [9.17, 15) is 0 Å². The lowest BCUT2D eigenvalue weighted by molar-refractivity contribution is 0.138. The number of benzene rings is 1. The minimum atomic E-state index is -0.0196. The van der Waals surface area contributed by atoms with Gasteiger partial charge >= 0.3 is 0 Å². The lowest BCUT2D eigenvalue weighted by Crippen LogP contribution is -2.45. The molecule has 1 atom stereocenters. The number of methoxy groups -OCH3 is 2. The van der Waals surface area contributed by atoms with Crippen LogP contribution in [0.4, 0.5) is 0 Å².